The minimum atomic E-state index is -1.81. The first-order valence-electron chi connectivity index (χ1n) is 19.9. The molecule has 2 saturated heterocycles. The van der Waals surface area contributed by atoms with E-state index >= 15 is 0 Å². The number of nitro benzene ring substituents is 1. The lowest BCUT2D eigenvalue weighted by molar-refractivity contribution is -0.387. The van der Waals surface area contributed by atoms with Gasteiger partial charge >= 0.3 is 35.5 Å². The summed E-state index contributed by atoms with van der Waals surface area (Å²) < 4.78 is 54.5. The summed E-state index contributed by atoms with van der Waals surface area (Å²) >= 11 is 0. The molecule has 0 aromatic heterocycles. The van der Waals surface area contributed by atoms with Gasteiger partial charge in [-0.1, -0.05) is 66.7 Å². The van der Waals surface area contributed by atoms with Crippen LogP contribution in [0.3, 0.4) is 0 Å². The number of hydrogen-bond acceptors (Lipinski definition) is 17. The lowest BCUT2D eigenvalue weighted by atomic mass is 9.94. The molecule has 0 saturated carbocycles. The van der Waals surface area contributed by atoms with E-state index in [2.05, 4.69) is 5.32 Å². The molecule has 0 bridgehead atoms. The van der Waals surface area contributed by atoms with Crippen LogP contribution in [0.4, 0.5) is 5.69 Å². The number of nitrogens with one attached hydrogen (secondary N) is 1. The minimum absolute atomic E-state index is 0.0538. The average Bonchev–Trinajstić information content (AvgIpc) is 3.27. The number of ether oxygens (including phenoxy) is 9. The van der Waals surface area contributed by atoms with E-state index in [1.54, 1.807) is 54.6 Å². The van der Waals surface area contributed by atoms with Crippen molar-refractivity contribution in [2.75, 3.05) is 6.61 Å². The molecule has 64 heavy (non-hydrogen) atoms. The highest BCUT2D eigenvalue weighted by Gasteiger charge is 2.57. The third-order valence-electron chi connectivity index (χ3n) is 9.85. The molecule has 0 spiro atoms. The number of benzene rings is 4. The quantitative estimate of drug-likeness (QED) is 0.0748. The molecule has 19 heteroatoms. The average molecular weight is 885 g/mol. The van der Waals surface area contributed by atoms with Crippen LogP contribution in [0.2, 0.25) is 0 Å². The monoisotopic (exact) mass is 884 g/mol. The Kier molecular flexibility index (Phi) is 15.4. The van der Waals surface area contributed by atoms with Crippen molar-refractivity contribution in [1.82, 2.24) is 5.32 Å². The molecular weight excluding hydrogens is 840 g/mol. The smallest absolute Gasteiger partial charge is 0.338 e. The van der Waals surface area contributed by atoms with Crippen molar-refractivity contribution in [2.45, 2.75) is 89.0 Å². The first-order chi connectivity index (χ1) is 30.7. The van der Waals surface area contributed by atoms with Crippen molar-refractivity contribution < 1.29 is 76.3 Å². The van der Waals surface area contributed by atoms with E-state index in [0.29, 0.717) is 0 Å². The summed E-state index contributed by atoms with van der Waals surface area (Å²) in [5.74, 6) is -5.36. The fourth-order valence-electron chi connectivity index (χ4n) is 7.01. The van der Waals surface area contributed by atoms with E-state index in [0.717, 1.165) is 20.8 Å². The highest BCUT2D eigenvalue weighted by Crippen LogP contribution is 2.37. The Morgan fingerprint density at radius 2 is 1.09 bits per heavy atom. The van der Waals surface area contributed by atoms with E-state index in [-0.39, 0.29) is 22.4 Å². The Labute approximate surface area is 365 Å². The van der Waals surface area contributed by atoms with Crippen LogP contribution >= 0.6 is 0 Å². The van der Waals surface area contributed by atoms with Gasteiger partial charge in [0.15, 0.2) is 36.5 Å². The van der Waals surface area contributed by atoms with E-state index in [9.17, 15) is 38.9 Å². The molecule has 6 rings (SSSR count). The van der Waals surface area contributed by atoms with Gasteiger partial charge in [-0.3, -0.25) is 24.5 Å². The predicted octanol–water partition coefficient (Wildman–Crippen LogP) is 4.50. The van der Waals surface area contributed by atoms with Crippen LogP contribution in [-0.2, 0) is 52.3 Å². The molecule has 0 radical (unpaired) electrons. The molecule has 2 aliphatic rings. The maximum atomic E-state index is 14.0. The maximum absolute atomic E-state index is 14.0. The third kappa shape index (κ3) is 11.6. The van der Waals surface area contributed by atoms with Gasteiger partial charge in [-0.2, -0.15) is 0 Å². The second-order valence-electron chi connectivity index (χ2n) is 14.5. The molecule has 0 unspecified atom stereocenters. The number of esters is 5. The molecule has 4 aromatic carbocycles. The number of nitrogens with zero attached hydrogens (tertiary/aromatic N) is 1. The fourth-order valence-corrected chi connectivity index (χ4v) is 7.01. The van der Waals surface area contributed by atoms with Gasteiger partial charge in [-0.25, -0.2) is 14.4 Å². The van der Waals surface area contributed by atoms with Gasteiger partial charge in [0.2, 0.25) is 12.2 Å². The van der Waals surface area contributed by atoms with Gasteiger partial charge < -0.3 is 47.9 Å². The fraction of sp³-hybridized carbons (Fsp3) is 0.333. The number of hydrogen-bond donors (Lipinski definition) is 1. The lowest BCUT2D eigenvalue weighted by Crippen LogP contribution is -2.69. The van der Waals surface area contributed by atoms with Gasteiger partial charge in [0, 0.05) is 26.8 Å². The molecule has 4 aromatic rings. The third-order valence-corrected chi connectivity index (χ3v) is 9.85. The Bertz CT molecular complexity index is 2300. The number of carbonyl (C=O) groups is 6. The zero-order chi connectivity index (χ0) is 45.9. The molecular formula is C45H44N2O17. The zero-order valence-corrected chi connectivity index (χ0v) is 34.8. The first kappa shape index (κ1) is 46.3. The number of para-hydroxylation sites is 2. The van der Waals surface area contributed by atoms with Crippen molar-refractivity contribution in [3.8, 4) is 5.75 Å². The Morgan fingerprint density at radius 1 is 0.594 bits per heavy atom. The molecule has 1 N–H and O–H groups in total. The highest BCUT2D eigenvalue weighted by molar-refractivity contribution is 5.91. The van der Waals surface area contributed by atoms with Crippen LogP contribution in [0.25, 0.3) is 0 Å². The van der Waals surface area contributed by atoms with Crippen molar-refractivity contribution in [3.05, 3.63) is 142 Å². The molecule has 2 fully saturated rings. The number of amides is 1. The number of nitro groups is 1. The zero-order valence-electron chi connectivity index (χ0n) is 34.8. The van der Waals surface area contributed by atoms with Crippen LogP contribution in [0.15, 0.2) is 115 Å². The Hall–Kier alpha value is -7.22. The van der Waals surface area contributed by atoms with Gasteiger partial charge in [-0.15, -0.1) is 0 Å². The molecule has 1 amide bonds. The predicted molar refractivity (Wildman–Crippen MR) is 218 cm³/mol. The second-order valence-corrected chi connectivity index (χ2v) is 14.5. The van der Waals surface area contributed by atoms with E-state index in [1.165, 1.54) is 67.6 Å². The topological polar surface area (TPSA) is 241 Å². The first-order valence-corrected chi connectivity index (χ1v) is 19.9. The molecule has 2 aliphatic heterocycles. The molecule has 19 nitrogen and oxygen atoms in total. The summed E-state index contributed by atoms with van der Waals surface area (Å²) in [5, 5.41) is 14.6. The lowest BCUT2D eigenvalue weighted by Gasteiger charge is -2.48. The minimum Gasteiger partial charge on any atom is -0.463 e. The van der Waals surface area contributed by atoms with Crippen molar-refractivity contribution in [2.24, 2.45) is 0 Å². The normalized spacial score (nSPS) is 25.1. The van der Waals surface area contributed by atoms with Gasteiger partial charge in [0.25, 0.3) is 0 Å². The van der Waals surface area contributed by atoms with Crippen molar-refractivity contribution in [3.63, 3.8) is 0 Å². The van der Waals surface area contributed by atoms with Crippen LogP contribution in [0.5, 0.6) is 5.75 Å². The highest BCUT2D eigenvalue weighted by atomic mass is 16.8. The van der Waals surface area contributed by atoms with E-state index in [1.807, 2.05) is 0 Å². The van der Waals surface area contributed by atoms with E-state index < -0.39 is 114 Å². The van der Waals surface area contributed by atoms with Crippen molar-refractivity contribution in [1.29, 1.82) is 0 Å². The van der Waals surface area contributed by atoms with Crippen LogP contribution < -0.4 is 10.1 Å². The van der Waals surface area contributed by atoms with Crippen LogP contribution in [-0.4, -0.2) is 109 Å². The number of rotatable bonds is 15. The summed E-state index contributed by atoms with van der Waals surface area (Å²) in [6, 6.07) is 27.3. The Morgan fingerprint density at radius 3 is 1.59 bits per heavy atom. The van der Waals surface area contributed by atoms with Gasteiger partial charge in [0.1, 0.15) is 24.9 Å². The van der Waals surface area contributed by atoms with Crippen LogP contribution in [0.1, 0.15) is 58.8 Å². The maximum Gasteiger partial charge on any atom is 0.338 e. The standard InChI is InChI=1S/C45H44N2O17/c1-25-36(61-41(51)29-16-8-5-9-17-29)39(62-42(52)30-18-10-6-11-19-30)40(63-43(53)31-20-12-7-13-21-31)45(57-25)64-37-34(24-56-27(3)49)60-44(35(46-26(2)48)38(37)58-28(4)50)59-33-23-15-14-22-32(33)47(54)55/h5-23,25,34-40,44-45H,24H2,1-4H3,(H,46,48)/t25-,34+,35+,36+,37+,38+,39+,40-,44+,45-/m0/s1. The summed E-state index contributed by atoms with van der Waals surface area (Å²) in [7, 11) is 0. The largest absolute Gasteiger partial charge is 0.463 e. The molecule has 0 aliphatic carbocycles. The van der Waals surface area contributed by atoms with Gasteiger partial charge in [-0.05, 0) is 49.4 Å². The SMILES string of the molecule is CC(=O)N[C@H]1[C@H](Oc2ccccc2[N+](=O)[O-])O[C@H](COC(C)=O)[C@@H](O[C@@H]2O[C@@H](C)[C@@H](OC(=O)c3ccccc3)[C@@H](OC(=O)c3ccccc3)[C@@H]2OC(=O)c2ccccc2)[C@@H]1OC(C)=O. The molecule has 10 atom stereocenters. The summed E-state index contributed by atoms with van der Waals surface area (Å²) in [5.41, 5.74) is -0.200. The second kappa shape index (κ2) is 21.2. The van der Waals surface area contributed by atoms with Crippen LogP contribution in [0, 0.1) is 10.1 Å². The van der Waals surface area contributed by atoms with Crippen molar-refractivity contribution >= 4 is 41.4 Å². The van der Waals surface area contributed by atoms with Gasteiger partial charge in [0.05, 0.1) is 27.7 Å². The van der Waals surface area contributed by atoms with E-state index in [4.69, 9.17) is 42.6 Å². The molecule has 336 valence electrons. The Balaban J connectivity index is 1.45. The summed E-state index contributed by atoms with van der Waals surface area (Å²) in [6.45, 7) is 4.16. The summed E-state index contributed by atoms with van der Waals surface area (Å²) in [4.78, 5) is 90.7. The molecule has 2 heterocycles. The number of carbonyl (C=O) groups excluding carboxylic acids is 6. The summed E-state index contributed by atoms with van der Waals surface area (Å²) in [6.07, 6.45) is -14.4.